The monoisotopic (exact) mass is 665 g/mol. The lowest BCUT2D eigenvalue weighted by atomic mass is 9.43. The summed E-state index contributed by atoms with van der Waals surface area (Å²) in [6.45, 7) is 7.93. The van der Waals surface area contributed by atoms with Gasteiger partial charge in [-0.3, -0.25) is 4.79 Å². The van der Waals surface area contributed by atoms with E-state index >= 15 is 0 Å². The molecule has 2 N–H and O–H groups in total. The van der Waals surface area contributed by atoms with Crippen molar-refractivity contribution in [2.24, 2.45) is 46.3 Å². The van der Waals surface area contributed by atoms with Crippen molar-refractivity contribution in [1.29, 1.82) is 0 Å². The van der Waals surface area contributed by atoms with E-state index in [1.54, 1.807) is 4.90 Å². The number of rotatable bonds is 11. The summed E-state index contributed by atoms with van der Waals surface area (Å²) < 4.78 is 11.5. The lowest BCUT2D eigenvalue weighted by Gasteiger charge is -2.63. The van der Waals surface area contributed by atoms with Gasteiger partial charge in [0, 0.05) is 31.3 Å². The predicted octanol–water partition coefficient (Wildman–Crippen LogP) is 7.03. The van der Waals surface area contributed by atoms with Crippen molar-refractivity contribution in [3.8, 4) is 0 Å². The minimum Gasteiger partial charge on any atom is -0.461 e. The van der Waals surface area contributed by atoms with Crippen molar-refractivity contribution in [2.75, 3.05) is 24.8 Å². The van der Waals surface area contributed by atoms with E-state index in [1.165, 1.54) is 0 Å². The molecule has 7 nitrogen and oxygen atoms in total. The Balaban J connectivity index is 1.21. The molecule has 0 aliphatic heterocycles. The van der Waals surface area contributed by atoms with Crippen molar-refractivity contribution in [3.63, 3.8) is 0 Å². The first-order valence-corrected chi connectivity index (χ1v) is 18.2. The summed E-state index contributed by atoms with van der Waals surface area (Å²) in [5.41, 5.74) is 0.671. The molecule has 4 aliphatic rings. The van der Waals surface area contributed by atoms with Gasteiger partial charge in [-0.25, -0.2) is 4.79 Å². The first-order chi connectivity index (χ1) is 21.5. The van der Waals surface area contributed by atoms with Crippen LogP contribution in [-0.4, -0.2) is 70.3 Å². The van der Waals surface area contributed by atoms with Crippen molar-refractivity contribution >= 4 is 35.3 Å². The topological polar surface area (TPSA) is 96.3 Å². The number of hydrogen-bond acceptors (Lipinski definition) is 6. The third-order valence-electron chi connectivity index (χ3n) is 12.8. The Morgan fingerprint density at radius 3 is 2.40 bits per heavy atom. The molecule has 0 bridgehead atoms. The molecule has 0 heterocycles. The fourth-order valence-electron chi connectivity index (χ4n) is 10.3. The molecular formula is C36H53Cl2NO6. The summed E-state index contributed by atoms with van der Waals surface area (Å²) in [5.74, 6) is 1.88. The van der Waals surface area contributed by atoms with Gasteiger partial charge in [0.2, 0.25) is 0 Å². The number of alkyl halides is 2. The molecule has 0 aromatic heterocycles. The van der Waals surface area contributed by atoms with Crippen LogP contribution in [0.25, 0.3) is 0 Å². The highest BCUT2D eigenvalue weighted by Crippen LogP contribution is 2.68. The molecule has 4 fully saturated rings. The van der Waals surface area contributed by atoms with Crippen LogP contribution in [0.2, 0.25) is 0 Å². The van der Waals surface area contributed by atoms with Gasteiger partial charge in [-0.05, 0) is 103 Å². The van der Waals surface area contributed by atoms with Gasteiger partial charge in [-0.15, -0.1) is 23.2 Å². The van der Waals surface area contributed by atoms with Crippen LogP contribution in [0.15, 0.2) is 30.3 Å². The number of halogens is 2. The molecule has 45 heavy (non-hydrogen) atoms. The molecule has 4 saturated carbocycles. The van der Waals surface area contributed by atoms with Gasteiger partial charge in [0.05, 0.1) is 12.2 Å². The number of carbonyl (C=O) groups excluding carboxylic acids is 2. The molecule has 5 rings (SSSR count). The molecule has 252 valence electrons. The van der Waals surface area contributed by atoms with E-state index in [2.05, 4.69) is 20.8 Å². The van der Waals surface area contributed by atoms with Crippen molar-refractivity contribution < 1.29 is 29.3 Å². The Labute approximate surface area is 279 Å². The average molecular weight is 667 g/mol. The van der Waals surface area contributed by atoms with E-state index in [0.717, 1.165) is 44.1 Å². The van der Waals surface area contributed by atoms with Crippen molar-refractivity contribution in [1.82, 2.24) is 4.90 Å². The standard InChI is InChI=1S/C36H53Cl2NO6/c1-23(9-12-32(42)44-22-24-7-5-4-6-8-24)27-10-11-28-33-29(21-31(41)36(27,28)3)35(2)14-13-26(19-25(35)20-30(33)40)45-34(43)39(17-15-37)18-16-38/h4-8,23,25-31,33,40-41H,9-22H2,1-3H3/t23-,25+,26-,27-,28+,29+,30-,31+,33+,35+,36-/m1/s1. The molecule has 9 heteroatoms. The zero-order valence-electron chi connectivity index (χ0n) is 27.2. The number of ether oxygens (including phenoxy) is 2. The van der Waals surface area contributed by atoms with E-state index in [1.807, 2.05) is 30.3 Å². The zero-order valence-corrected chi connectivity index (χ0v) is 28.7. The summed E-state index contributed by atoms with van der Waals surface area (Å²) in [7, 11) is 0. The van der Waals surface area contributed by atoms with Crippen LogP contribution in [0.5, 0.6) is 0 Å². The van der Waals surface area contributed by atoms with Crippen LogP contribution in [0.3, 0.4) is 0 Å². The van der Waals surface area contributed by atoms with Crippen LogP contribution < -0.4 is 0 Å². The second-order valence-electron chi connectivity index (χ2n) is 14.9. The quantitative estimate of drug-likeness (QED) is 0.195. The SMILES string of the molecule is C[C@H](CCC(=O)OCc1ccccc1)[C@H]1CC[C@H]2[C@@H]3[C@H](O)C[C@@H]4C[C@H](OC(=O)N(CCCl)CCCl)CC[C@]4(C)[C@H]3C[C@H](O)[C@]12C. The number of benzene rings is 1. The fourth-order valence-corrected chi connectivity index (χ4v) is 10.7. The molecule has 1 aromatic rings. The largest absolute Gasteiger partial charge is 0.461 e. The number of aliphatic hydroxyl groups is 2. The van der Waals surface area contributed by atoms with Crippen LogP contribution in [0, 0.1) is 46.3 Å². The number of fused-ring (bicyclic) bond motifs is 5. The lowest BCUT2D eigenvalue weighted by molar-refractivity contribution is -0.207. The molecule has 0 unspecified atom stereocenters. The van der Waals surface area contributed by atoms with Crippen LogP contribution >= 0.6 is 23.2 Å². The Bertz CT molecular complexity index is 1150. The maximum absolute atomic E-state index is 12.9. The number of esters is 1. The van der Waals surface area contributed by atoms with Gasteiger partial charge >= 0.3 is 12.1 Å². The highest BCUT2D eigenvalue weighted by atomic mass is 35.5. The third kappa shape index (κ3) is 7.03. The molecule has 11 atom stereocenters. The Morgan fingerprint density at radius 1 is 1.00 bits per heavy atom. The molecule has 1 amide bonds. The van der Waals surface area contributed by atoms with Gasteiger partial charge in [-0.1, -0.05) is 51.1 Å². The lowest BCUT2D eigenvalue weighted by Crippen LogP contribution is -2.62. The summed E-state index contributed by atoms with van der Waals surface area (Å²) >= 11 is 11.8. The first kappa shape index (κ1) is 34.8. The normalized spacial score (nSPS) is 37.9. The van der Waals surface area contributed by atoms with Gasteiger partial charge in [0.15, 0.2) is 0 Å². The van der Waals surface area contributed by atoms with Gasteiger partial charge in [0.1, 0.15) is 12.7 Å². The molecule has 0 radical (unpaired) electrons. The number of carbonyl (C=O) groups is 2. The molecule has 0 saturated heterocycles. The summed E-state index contributed by atoms with van der Waals surface area (Å²) in [4.78, 5) is 27.0. The summed E-state index contributed by atoms with van der Waals surface area (Å²) in [6.07, 6.45) is 5.48. The molecule has 4 aliphatic carbocycles. The van der Waals surface area contributed by atoms with E-state index in [-0.39, 0.29) is 64.5 Å². The first-order valence-electron chi connectivity index (χ1n) is 17.2. The summed E-state index contributed by atoms with van der Waals surface area (Å²) in [5, 5.41) is 23.7. The van der Waals surface area contributed by atoms with Crippen molar-refractivity contribution in [2.45, 2.75) is 103 Å². The van der Waals surface area contributed by atoms with Gasteiger partial charge in [0.25, 0.3) is 0 Å². The maximum atomic E-state index is 12.9. The van der Waals surface area contributed by atoms with E-state index < -0.39 is 12.2 Å². The Hall–Kier alpha value is -1.54. The fraction of sp³-hybridized carbons (Fsp3) is 0.778. The van der Waals surface area contributed by atoms with E-state index in [0.29, 0.717) is 50.7 Å². The maximum Gasteiger partial charge on any atom is 0.410 e. The number of aliphatic hydroxyl groups excluding tert-OH is 2. The zero-order chi connectivity index (χ0) is 32.4. The van der Waals surface area contributed by atoms with Crippen LogP contribution in [-0.2, 0) is 20.9 Å². The smallest absolute Gasteiger partial charge is 0.410 e. The highest BCUT2D eigenvalue weighted by molar-refractivity contribution is 6.18. The van der Waals surface area contributed by atoms with Crippen molar-refractivity contribution in [3.05, 3.63) is 35.9 Å². The van der Waals surface area contributed by atoms with E-state index in [9.17, 15) is 19.8 Å². The number of nitrogens with zero attached hydrogens (tertiary/aromatic N) is 1. The van der Waals surface area contributed by atoms with Gasteiger partial charge in [-0.2, -0.15) is 0 Å². The van der Waals surface area contributed by atoms with E-state index in [4.69, 9.17) is 32.7 Å². The van der Waals surface area contributed by atoms with Crippen LogP contribution in [0.1, 0.15) is 84.1 Å². The second-order valence-corrected chi connectivity index (χ2v) is 15.7. The number of amides is 1. The molecule has 0 spiro atoms. The highest BCUT2D eigenvalue weighted by Gasteiger charge is 2.65. The Kier molecular flexibility index (Phi) is 11.4. The number of hydrogen-bond donors (Lipinski definition) is 2. The Morgan fingerprint density at radius 2 is 1.71 bits per heavy atom. The average Bonchev–Trinajstić information content (AvgIpc) is 3.38. The van der Waals surface area contributed by atoms with Gasteiger partial charge < -0.3 is 24.6 Å². The second kappa shape index (κ2) is 14.7. The molecular weight excluding hydrogens is 613 g/mol. The minimum atomic E-state index is -0.457. The summed E-state index contributed by atoms with van der Waals surface area (Å²) in [6, 6.07) is 9.74. The molecule has 1 aromatic carbocycles. The predicted molar refractivity (Wildman–Crippen MR) is 176 cm³/mol. The third-order valence-corrected chi connectivity index (χ3v) is 13.1. The van der Waals surface area contributed by atoms with Crippen LogP contribution in [0.4, 0.5) is 4.79 Å². The minimum absolute atomic E-state index is 0.0205.